The lowest BCUT2D eigenvalue weighted by Gasteiger charge is -2.20. The van der Waals surface area contributed by atoms with Crippen LogP contribution in [-0.2, 0) is 28.6 Å². The highest BCUT2D eigenvalue weighted by molar-refractivity contribution is 5.95. The Bertz CT molecular complexity index is 408. The van der Waals surface area contributed by atoms with Crippen molar-refractivity contribution < 1.29 is 28.6 Å². The number of carbonyl (C=O) groups is 3. The summed E-state index contributed by atoms with van der Waals surface area (Å²) in [5.41, 5.74) is 0. The van der Waals surface area contributed by atoms with E-state index in [1.807, 2.05) is 0 Å². The quantitative estimate of drug-likeness (QED) is 0.515. The SMILES string of the molecule is CC(=O)CC1CCOCC1.CCOC(=O)CC(=O)CC1CCOCC1. The maximum absolute atomic E-state index is 11.5. The van der Waals surface area contributed by atoms with Gasteiger partial charge in [0.25, 0.3) is 0 Å². The molecule has 6 heteroatoms. The molecule has 2 rings (SSSR count). The fraction of sp³-hybridized carbons (Fsp3) is 0.842. The van der Waals surface area contributed by atoms with E-state index < -0.39 is 5.97 Å². The largest absolute Gasteiger partial charge is 0.466 e. The molecule has 0 aliphatic carbocycles. The number of carbonyl (C=O) groups excluding carboxylic acids is 3. The maximum atomic E-state index is 11.5. The van der Waals surface area contributed by atoms with Crippen LogP contribution in [0.4, 0.5) is 0 Å². The number of hydrogen-bond donors (Lipinski definition) is 0. The van der Waals surface area contributed by atoms with Crippen molar-refractivity contribution in [2.75, 3.05) is 33.0 Å². The first-order chi connectivity index (χ1) is 12.0. The van der Waals surface area contributed by atoms with Gasteiger partial charge in [0.15, 0.2) is 0 Å². The molecule has 0 unspecified atom stereocenters. The average Bonchev–Trinajstić information content (AvgIpc) is 2.56. The molecule has 0 amide bonds. The van der Waals surface area contributed by atoms with Gasteiger partial charge in [-0.3, -0.25) is 9.59 Å². The zero-order chi connectivity index (χ0) is 18.5. The molecule has 0 N–H and O–H groups in total. The van der Waals surface area contributed by atoms with Crippen molar-refractivity contribution in [3.8, 4) is 0 Å². The number of hydrogen-bond acceptors (Lipinski definition) is 6. The number of ketones is 2. The van der Waals surface area contributed by atoms with Gasteiger partial charge in [-0.05, 0) is 51.4 Å². The Labute approximate surface area is 150 Å². The Hall–Kier alpha value is -1.27. The average molecular weight is 356 g/mol. The van der Waals surface area contributed by atoms with Crippen LogP contribution in [0, 0.1) is 11.8 Å². The van der Waals surface area contributed by atoms with Gasteiger partial charge in [0, 0.05) is 39.3 Å². The minimum atomic E-state index is -0.408. The van der Waals surface area contributed by atoms with Crippen molar-refractivity contribution in [1.82, 2.24) is 0 Å². The van der Waals surface area contributed by atoms with Gasteiger partial charge in [0.2, 0.25) is 0 Å². The molecule has 2 heterocycles. The van der Waals surface area contributed by atoms with Gasteiger partial charge in [0.1, 0.15) is 18.0 Å². The molecule has 0 aromatic heterocycles. The van der Waals surface area contributed by atoms with Crippen LogP contribution < -0.4 is 0 Å². The van der Waals surface area contributed by atoms with E-state index >= 15 is 0 Å². The third-order valence-corrected chi connectivity index (χ3v) is 4.42. The minimum absolute atomic E-state index is 0.0136. The molecule has 2 aliphatic rings. The number of rotatable bonds is 7. The first kappa shape index (κ1) is 21.8. The van der Waals surface area contributed by atoms with E-state index in [-0.39, 0.29) is 12.2 Å². The normalized spacial score (nSPS) is 18.8. The van der Waals surface area contributed by atoms with Gasteiger partial charge in [-0.2, -0.15) is 0 Å². The van der Waals surface area contributed by atoms with Crippen molar-refractivity contribution in [2.45, 2.75) is 58.8 Å². The highest BCUT2D eigenvalue weighted by atomic mass is 16.5. The summed E-state index contributed by atoms with van der Waals surface area (Å²) in [6, 6.07) is 0. The molecule has 144 valence electrons. The topological polar surface area (TPSA) is 78.9 Å². The van der Waals surface area contributed by atoms with Crippen molar-refractivity contribution in [1.29, 1.82) is 0 Å². The maximum Gasteiger partial charge on any atom is 0.313 e. The van der Waals surface area contributed by atoms with E-state index in [9.17, 15) is 14.4 Å². The second-order valence-electron chi connectivity index (χ2n) is 6.74. The highest BCUT2D eigenvalue weighted by Crippen LogP contribution is 2.19. The van der Waals surface area contributed by atoms with Crippen molar-refractivity contribution in [3.05, 3.63) is 0 Å². The minimum Gasteiger partial charge on any atom is -0.466 e. The summed E-state index contributed by atoms with van der Waals surface area (Å²) in [6.45, 7) is 6.89. The molecule has 25 heavy (non-hydrogen) atoms. The Morgan fingerprint density at radius 2 is 1.36 bits per heavy atom. The van der Waals surface area contributed by atoms with Gasteiger partial charge in [-0.1, -0.05) is 0 Å². The Morgan fingerprint density at radius 1 is 0.880 bits per heavy atom. The Kier molecular flexibility index (Phi) is 11.3. The highest BCUT2D eigenvalue weighted by Gasteiger charge is 2.19. The summed E-state index contributed by atoms with van der Waals surface area (Å²) in [4.78, 5) is 33.2. The molecular formula is C19H32O6. The van der Waals surface area contributed by atoms with E-state index in [4.69, 9.17) is 14.2 Å². The molecular weight excluding hydrogens is 324 g/mol. The predicted molar refractivity (Wildman–Crippen MR) is 93.3 cm³/mol. The Balaban J connectivity index is 0.000000271. The summed E-state index contributed by atoms with van der Waals surface area (Å²) < 4.78 is 15.1. The molecule has 2 saturated heterocycles. The molecule has 0 aromatic carbocycles. The molecule has 0 radical (unpaired) electrons. The zero-order valence-corrected chi connectivity index (χ0v) is 15.6. The standard InChI is InChI=1S/C11H18O4.C8H14O2/c1-2-15-11(13)8-10(12)7-9-3-5-14-6-4-9;1-7(9)6-8-2-4-10-5-3-8/h9H,2-8H2,1H3;8H,2-6H2,1H3. The monoisotopic (exact) mass is 356 g/mol. The second kappa shape index (κ2) is 13.0. The van der Waals surface area contributed by atoms with Gasteiger partial charge < -0.3 is 19.0 Å². The molecule has 2 fully saturated rings. The smallest absolute Gasteiger partial charge is 0.313 e. The molecule has 0 spiro atoms. The molecule has 0 aromatic rings. The summed E-state index contributed by atoms with van der Waals surface area (Å²) in [6.07, 6.45) is 5.15. The summed E-state index contributed by atoms with van der Waals surface area (Å²) in [5, 5.41) is 0. The van der Waals surface area contributed by atoms with Crippen LogP contribution in [0.5, 0.6) is 0 Å². The number of Topliss-reactive ketones (excluding diaryl/α,β-unsaturated/α-hetero) is 2. The lowest BCUT2D eigenvalue weighted by Crippen LogP contribution is -2.20. The van der Waals surface area contributed by atoms with E-state index in [1.54, 1.807) is 13.8 Å². The molecule has 6 nitrogen and oxygen atoms in total. The van der Waals surface area contributed by atoms with E-state index in [1.165, 1.54) is 0 Å². The van der Waals surface area contributed by atoms with Crippen molar-refractivity contribution in [3.63, 3.8) is 0 Å². The third-order valence-electron chi connectivity index (χ3n) is 4.42. The lowest BCUT2D eigenvalue weighted by atomic mass is 9.93. The van der Waals surface area contributed by atoms with Gasteiger partial charge in [-0.15, -0.1) is 0 Å². The molecule has 2 aliphatic heterocycles. The summed E-state index contributed by atoms with van der Waals surface area (Å²) in [5.74, 6) is 0.883. The van der Waals surface area contributed by atoms with Crippen LogP contribution in [0.3, 0.4) is 0 Å². The molecule has 0 saturated carbocycles. The lowest BCUT2D eigenvalue weighted by molar-refractivity contribution is -0.145. The van der Waals surface area contributed by atoms with Crippen LogP contribution in [0.25, 0.3) is 0 Å². The van der Waals surface area contributed by atoms with Crippen LogP contribution in [0.15, 0.2) is 0 Å². The van der Waals surface area contributed by atoms with Crippen LogP contribution >= 0.6 is 0 Å². The van der Waals surface area contributed by atoms with Crippen LogP contribution in [-0.4, -0.2) is 50.6 Å². The van der Waals surface area contributed by atoms with Crippen LogP contribution in [0.1, 0.15) is 58.8 Å². The molecule has 0 atom stereocenters. The first-order valence-electron chi connectivity index (χ1n) is 9.33. The van der Waals surface area contributed by atoms with Gasteiger partial charge in [0.05, 0.1) is 6.61 Å². The third kappa shape index (κ3) is 11.1. The van der Waals surface area contributed by atoms with Gasteiger partial charge in [-0.25, -0.2) is 0 Å². The summed E-state index contributed by atoms with van der Waals surface area (Å²) >= 11 is 0. The number of esters is 1. The van der Waals surface area contributed by atoms with E-state index in [0.717, 1.165) is 58.5 Å². The molecule has 0 bridgehead atoms. The fourth-order valence-electron chi connectivity index (χ4n) is 3.07. The second-order valence-corrected chi connectivity index (χ2v) is 6.74. The van der Waals surface area contributed by atoms with Crippen molar-refractivity contribution >= 4 is 17.5 Å². The number of ether oxygens (including phenoxy) is 3. The van der Waals surface area contributed by atoms with E-state index in [2.05, 4.69) is 0 Å². The predicted octanol–water partition coefficient (Wildman–Crippen LogP) is 2.72. The van der Waals surface area contributed by atoms with Crippen LogP contribution in [0.2, 0.25) is 0 Å². The fourth-order valence-corrected chi connectivity index (χ4v) is 3.07. The Morgan fingerprint density at radius 3 is 1.80 bits per heavy atom. The zero-order valence-electron chi connectivity index (χ0n) is 15.6. The van der Waals surface area contributed by atoms with Crippen molar-refractivity contribution in [2.24, 2.45) is 11.8 Å². The van der Waals surface area contributed by atoms with Gasteiger partial charge >= 0.3 is 5.97 Å². The first-order valence-corrected chi connectivity index (χ1v) is 9.33. The van der Waals surface area contributed by atoms with E-state index in [0.29, 0.717) is 30.6 Å². The summed E-state index contributed by atoms with van der Waals surface area (Å²) in [7, 11) is 0.